The SMILES string of the molecule is CCCc1sc(Nc2ccc(C(=O)OC)cc2)nc1-c1ccccc1. The maximum absolute atomic E-state index is 11.5. The molecule has 128 valence electrons. The van der Waals surface area contributed by atoms with Gasteiger partial charge in [0.05, 0.1) is 18.4 Å². The van der Waals surface area contributed by atoms with Crippen LogP contribution in [0.3, 0.4) is 0 Å². The summed E-state index contributed by atoms with van der Waals surface area (Å²) >= 11 is 1.67. The van der Waals surface area contributed by atoms with Gasteiger partial charge in [-0.25, -0.2) is 9.78 Å². The first kappa shape index (κ1) is 17.2. The molecule has 0 saturated carbocycles. The zero-order valence-corrected chi connectivity index (χ0v) is 15.1. The van der Waals surface area contributed by atoms with Crippen molar-refractivity contribution < 1.29 is 9.53 Å². The molecule has 0 saturated heterocycles. The molecule has 0 atom stereocenters. The molecular formula is C20H20N2O2S. The van der Waals surface area contributed by atoms with E-state index < -0.39 is 0 Å². The van der Waals surface area contributed by atoms with Crippen LogP contribution >= 0.6 is 11.3 Å². The number of carbonyl (C=O) groups is 1. The summed E-state index contributed by atoms with van der Waals surface area (Å²) in [4.78, 5) is 17.6. The number of methoxy groups -OCH3 is 1. The largest absolute Gasteiger partial charge is 0.465 e. The molecule has 5 heteroatoms. The first-order valence-electron chi connectivity index (χ1n) is 8.21. The minimum atomic E-state index is -0.336. The van der Waals surface area contributed by atoms with Crippen LogP contribution in [-0.4, -0.2) is 18.1 Å². The lowest BCUT2D eigenvalue weighted by Crippen LogP contribution is -2.00. The Morgan fingerprint density at radius 3 is 2.48 bits per heavy atom. The van der Waals surface area contributed by atoms with E-state index in [1.807, 2.05) is 30.3 Å². The maximum Gasteiger partial charge on any atom is 0.337 e. The maximum atomic E-state index is 11.5. The summed E-state index contributed by atoms with van der Waals surface area (Å²) < 4.78 is 4.72. The fraction of sp³-hybridized carbons (Fsp3) is 0.200. The number of hydrogen-bond donors (Lipinski definition) is 1. The van der Waals surface area contributed by atoms with Crippen molar-refractivity contribution in [3.8, 4) is 11.3 Å². The van der Waals surface area contributed by atoms with Crippen molar-refractivity contribution in [2.45, 2.75) is 19.8 Å². The summed E-state index contributed by atoms with van der Waals surface area (Å²) in [6, 6.07) is 17.4. The van der Waals surface area contributed by atoms with Gasteiger partial charge in [0, 0.05) is 16.1 Å². The molecule has 3 rings (SSSR count). The average molecular weight is 352 g/mol. The standard InChI is InChI=1S/C20H20N2O2S/c1-3-7-17-18(14-8-5-4-6-9-14)22-20(25-17)21-16-12-10-15(11-13-16)19(23)24-2/h4-6,8-13H,3,7H2,1-2H3,(H,21,22). The second-order valence-electron chi connectivity index (χ2n) is 5.60. The van der Waals surface area contributed by atoms with Gasteiger partial charge in [-0.2, -0.15) is 0 Å². The number of benzene rings is 2. The molecule has 1 N–H and O–H groups in total. The van der Waals surface area contributed by atoms with Crippen LogP contribution < -0.4 is 5.32 Å². The Bertz CT molecular complexity index is 842. The predicted molar refractivity (Wildman–Crippen MR) is 103 cm³/mol. The zero-order chi connectivity index (χ0) is 17.6. The lowest BCUT2D eigenvalue weighted by Gasteiger charge is -2.03. The van der Waals surface area contributed by atoms with Crippen LogP contribution in [0.4, 0.5) is 10.8 Å². The lowest BCUT2D eigenvalue weighted by atomic mass is 10.1. The highest BCUT2D eigenvalue weighted by Gasteiger charge is 2.13. The number of thiazole rings is 1. The van der Waals surface area contributed by atoms with Gasteiger partial charge in [-0.15, -0.1) is 11.3 Å². The van der Waals surface area contributed by atoms with Gasteiger partial charge >= 0.3 is 5.97 Å². The van der Waals surface area contributed by atoms with Crippen LogP contribution in [0, 0.1) is 0 Å². The van der Waals surface area contributed by atoms with E-state index >= 15 is 0 Å². The van der Waals surface area contributed by atoms with Crippen molar-refractivity contribution >= 4 is 28.1 Å². The number of carbonyl (C=O) groups excluding carboxylic acids is 1. The van der Waals surface area contributed by atoms with Gasteiger partial charge in [-0.3, -0.25) is 0 Å². The number of hydrogen-bond acceptors (Lipinski definition) is 5. The highest BCUT2D eigenvalue weighted by atomic mass is 32.1. The Morgan fingerprint density at radius 1 is 1.12 bits per heavy atom. The zero-order valence-electron chi connectivity index (χ0n) is 14.3. The third kappa shape index (κ3) is 4.06. The van der Waals surface area contributed by atoms with Crippen molar-refractivity contribution in [1.29, 1.82) is 0 Å². The summed E-state index contributed by atoms with van der Waals surface area (Å²) in [6.45, 7) is 2.17. The molecule has 0 bridgehead atoms. The molecule has 0 amide bonds. The van der Waals surface area contributed by atoms with E-state index in [1.165, 1.54) is 12.0 Å². The van der Waals surface area contributed by atoms with E-state index in [0.29, 0.717) is 5.56 Å². The van der Waals surface area contributed by atoms with Crippen molar-refractivity contribution in [2.24, 2.45) is 0 Å². The van der Waals surface area contributed by atoms with E-state index in [-0.39, 0.29) is 5.97 Å². The van der Waals surface area contributed by atoms with Crippen LogP contribution in [0.25, 0.3) is 11.3 Å². The summed E-state index contributed by atoms with van der Waals surface area (Å²) in [5.41, 5.74) is 3.60. The molecule has 1 aromatic heterocycles. The molecule has 0 aliphatic rings. The molecule has 1 heterocycles. The fourth-order valence-corrected chi connectivity index (χ4v) is 3.66. The molecular weight excluding hydrogens is 332 g/mol. The smallest absolute Gasteiger partial charge is 0.337 e. The van der Waals surface area contributed by atoms with Crippen molar-refractivity contribution in [3.63, 3.8) is 0 Å². The Kier molecular flexibility index (Phi) is 5.46. The number of aryl methyl sites for hydroxylation is 1. The molecule has 25 heavy (non-hydrogen) atoms. The topological polar surface area (TPSA) is 51.2 Å². The number of aromatic nitrogens is 1. The van der Waals surface area contributed by atoms with E-state index in [1.54, 1.807) is 23.5 Å². The number of esters is 1. The van der Waals surface area contributed by atoms with Gasteiger partial charge in [-0.1, -0.05) is 43.7 Å². The molecule has 0 unspecified atom stereocenters. The van der Waals surface area contributed by atoms with Gasteiger partial charge in [0.15, 0.2) is 5.13 Å². The first-order valence-corrected chi connectivity index (χ1v) is 9.03. The highest BCUT2D eigenvalue weighted by Crippen LogP contribution is 2.33. The third-order valence-electron chi connectivity index (χ3n) is 3.78. The van der Waals surface area contributed by atoms with Crippen LogP contribution in [0.2, 0.25) is 0 Å². The molecule has 0 radical (unpaired) electrons. The lowest BCUT2D eigenvalue weighted by molar-refractivity contribution is 0.0601. The van der Waals surface area contributed by atoms with Crippen LogP contribution in [0.1, 0.15) is 28.6 Å². The molecule has 4 nitrogen and oxygen atoms in total. The molecule has 3 aromatic rings. The van der Waals surface area contributed by atoms with E-state index in [2.05, 4.69) is 24.4 Å². The van der Waals surface area contributed by atoms with E-state index in [4.69, 9.17) is 9.72 Å². The van der Waals surface area contributed by atoms with Gasteiger partial charge in [-0.05, 0) is 30.7 Å². The molecule has 0 aliphatic carbocycles. The normalized spacial score (nSPS) is 10.5. The summed E-state index contributed by atoms with van der Waals surface area (Å²) in [5, 5.41) is 4.19. The Hall–Kier alpha value is -2.66. The molecule has 0 aliphatic heterocycles. The Labute approximate surface area is 151 Å². The number of nitrogens with one attached hydrogen (secondary N) is 1. The van der Waals surface area contributed by atoms with Crippen LogP contribution in [0.5, 0.6) is 0 Å². The molecule has 0 fully saturated rings. The number of anilines is 2. The Balaban J connectivity index is 1.84. The fourth-order valence-electron chi connectivity index (χ4n) is 2.55. The average Bonchev–Trinajstić information content (AvgIpc) is 3.05. The van der Waals surface area contributed by atoms with Crippen molar-refractivity contribution in [3.05, 3.63) is 65.0 Å². The van der Waals surface area contributed by atoms with E-state index in [9.17, 15) is 4.79 Å². The number of ether oxygens (including phenoxy) is 1. The third-order valence-corrected chi connectivity index (χ3v) is 4.81. The minimum Gasteiger partial charge on any atom is -0.465 e. The summed E-state index contributed by atoms with van der Waals surface area (Å²) in [5.74, 6) is -0.336. The highest BCUT2D eigenvalue weighted by molar-refractivity contribution is 7.16. The van der Waals surface area contributed by atoms with Gasteiger partial charge < -0.3 is 10.1 Å². The van der Waals surface area contributed by atoms with Crippen LogP contribution in [0.15, 0.2) is 54.6 Å². The second kappa shape index (κ2) is 7.94. The van der Waals surface area contributed by atoms with E-state index in [0.717, 1.165) is 34.9 Å². The van der Waals surface area contributed by atoms with Gasteiger partial charge in [0.2, 0.25) is 0 Å². The number of rotatable bonds is 6. The second-order valence-corrected chi connectivity index (χ2v) is 6.68. The molecule has 0 spiro atoms. The molecule has 2 aromatic carbocycles. The van der Waals surface area contributed by atoms with Gasteiger partial charge in [0.25, 0.3) is 0 Å². The number of nitrogens with zero attached hydrogens (tertiary/aromatic N) is 1. The van der Waals surface area contributed by atoms with Crippen molar-refractivity contribution in [2.75, 3.05) is 12.4 Å². The minimum absolute atomic E-state index is 0.336. The van der Waals surface area contributed by atoms with Gasteiger partial charge in [0.1, 0.15) is 0 Å². The van der Waals surface area contributed by atoms with Crippen molar-refractivity contribution in [1.82, 2.24) is 4.98 Å². The monoisotopic (exact) mass is 352 g/mol. The summed E-state index contributed by atoms with van der Waals surface area (Å²) in [6.07, 6.45) is 2.08. The predicted octanol–water partition coefficient (Wildman–Crippen LogP) is 5.29. The van der Waals surface area contributed by atoms with Crippen LogP contribution in [-0.2, 0) is 11.2 Å². The quantitative estimate of drug-likeness (QED) is 0.612. The Morgan fingerprint density at radius 2 is 1.84 bits per heavy atom. The first-order chi connectivity index (χ1) is 12.2. The summed E-state index contributed by atoms with van der Waals surface area (Å²) in [7, 11) is 1.38.